The van der Waals surface area contributed by atoms with Crippen LogP contribution in [0.1, 0.15) is 25.0 Å². The standard InChI is InChI=1S/C13H17ClO4S/c1-8(15)19-6-5-11(16)13(17)9-3-4-10(14)12(7-9)18-2/h3-4,7,11,13,16-17H,5-6H2,1-2H3. The topological polar surface area (TPSA) is 66.8 Å². The molecule has 0 bridgehead atoms. The molecule has 0 aliphatic rings. The molecule has 0 amide bonds. The predicted octanol–water partition coefficient (Wildman–Crippen LogP) is 2.41. The average Bonchev–Trinajstić information content (AvgIpc) is 2.38. The Balaban J connectivity index is 2.65. The molecule has 0 aromatic heterocycles. The number of thioether (sulfide) groups is 1. The molecule has 0 aliphatic heterocycles. The van der Waals surface area contributed by atoms with E-state index in [0.29, 0.717) is 28.5 Å². The smallest absolute Gasteiger partial charge is 0.185 e. The van der Waals surface area contributed by atoms with E-state index in [4.69, 9.17) is 16.3 Å². The average molecular weight is 305 g/mol. The molecule has 19 heavy (non-hydrogen) atoms. The van der Waals surface area contributed by atoms with Gasteiger partial charge in [-0.3, -0.25) is 4.79 Å². The van der Waals surface area contributed by atoms with E-state index in [1.54, 1.807) is 18.2 Å². The molecule has 0 radical (unpaired) electrons. The SMILES string of the molecule is COc1cc(C(O)C(O)CCSC(C)=O)ccc1Cl. The third kappa shape index (κ3) is 5.03. The Kier molecular flexibility index (Phi) is 6.65. The molecule has 1 aromatic rings. The number of aliphatic hydroxyl groups excluding tert-OH is 2. The molecule has 0 saturated carbocycles. The molecule has 106 valence electrons. The molecule has 2 unspecified atom stereocenters. The van der Waals surface area contributed by atoms with Crippen molar-refractivity contribution in [3.63, 3.8) is 0 Å². The largest absolute Gasteiger partial charge is 0.495 e. The Morgan fingerprint density at radius 3 is 2.74 bits per heavy atom. The van der Waals surface area contributed by atoms with Gasteiger partial charge in [-0.25, -0.2) is 0 Å². The van der Waals surface area contributed by atoms with E-state index in [1.165, 1.54) is 14.0 Å². The molecule has 0 fully saturated rings. The second-order valence-corrected chi connectivity index (χ2v) is 5.71. The van der Waals surface area contributed by atoms with Crippen LogP contribution in [0.3, 0.4) is 0 Å². The second-order valence-electron chi connectivity index (χ2n) is 4.03. The molecule has 0 spiro atoms. The lowest BCUT2D eigenvalue weighted by molar-refractivity contribution is -0.109. The van der Waals surface area contributed by atoms with Gasteiger partial charge in [0.05, 0.1) is 18.2 Å². The Morgan fingerprint density at radius 1 is 1.47 bits per heavy atom. The van der Waals surface area contributed by atoms with Gasteiger partial charge in [0.1, 0.15) is 11.9 Å². The number of methoxy groups -OCH3 is 1. The monoisotopic (exact) mass is 304 g/mol. The van der Waals surface area contributed by atoms with Crippen molar-refractivity contribution < 1.29 is 19.7 Å². The highest BCUT2D eigenvalue weighted by atomic mass is 35.5. The molecule has 2 N–H and O–H groups in total. The van der Waals surface area contributed by atoms with Crippen LogP contribution in [0, 0.1) is 0 Å². The fraction of sp³-hybridized carbons (Fsp3) is 0.462. The van der Waals surface area contributed by atoms with E-state index in [2.05, 4.69) is 0 Å². The highest BCUT2D eigenvalue weighted by molar-refractivity contribution is 8.13. The molecular weight excluding hydrogens is 288 g/mol. The Labute approximate surface area is 121 Å². The van der Waals surface area contributed by atoms with Crippen molar-refractivity contribution in [2.45, 2.75) is 25.6 Å². The molecule has 2 atom stereocenters. The summed E-state index contributed by atoms with van der Waals surface area (Å²) < 4.78 is 5.05. The molecule has 1 rings (SSSR count). The Hall–Kier alpha value is -0.750. The van der Waals surface area contributed by atoms with Crippen LogP contribution in [0.15, 0.2) is 18.2 Å². The molecule has 4 nitrogen and oxygen atoms in total. The first-order valence-electron chi connectivity index (χ1n) is 5.78. The summed E-state index contributed by atoms with van der Waals surface area (Å²) in [5.41, 5.74) is 0.529. The van der Waals surface area contributed by atoms with Crippen LogP contribution < -0.4 is 4.74 Å². The van der Waals surface area contributed by atoms with Crippen LogP contribution >= 0.6 is 23.4 Å². The van der Waals surface area contributed by atoms with E-state index < -0.39 is 12.2 Å². The Bertz CT molecular complexity index is 439. The first-order chi connectivity index (χ1) is 8.95. The van der Waals surface area contributed by atoms with Gasteiger partial charge < -0.3 is 14.9 Å². The first kappa shape index (κ1) is 16.3. The molecule has 0 aliphatic carbocycles. The van der Waals surface area contributed by atoms with E-state index in [1.807, 2.05) is 0 Å². The van der Waals surface area contributed by atoms with Gasteiger partial charge in [0.2, 0.25) is 0 Å². The maximum atomic E-state index is 10.8. The number of carbonyl (C=O) groups excluding carboxylic acids is 1. The molecule has 0 heterocycles. The molecule has 1 aromatic carbocycles. The van der Waals surface area contributed by atoms with Gasteiger partial charge in [0, 0.05) is 12.7 Å². The number of benzene rings is 1. The van der Waals surface area contributed by atoms with Gasteiger partial charge in [-0.1, -0.05) is 29.4 Å². The third-order valence-corrected chi connectivity index (χ3v) is 3.76. The quantitative estimate of drug-likeness (QED) is 0.845. The maximum absolute atomic E-state index is 10.8. The summed E-state index contributed by atoms with van der Waals surface area (Å²) >= 11 is 7.02. The van der Waals surface area contributed by atoms with Crippen LogP contribution in [0.25, 0.3) is 0 Å². The van der Waals surface area contributed by atoms with Crippen molar-refractivity contribution >= 4 is 28.5 Å². The highest BCUT2D eigenvalue weighted by Crippen LogP contribution is 2.29. The number of carbonyl (C=O) groups is 1. The van der Waals surface area contributed by atoms with Crippen LogP contribution in [0.2, 0.25) is 5.02 Å². The van der Waals surface area contributed by atoms with Gasteiger partial charge in [-0.2, -0.15) is 0 Å². The van der Waals surface area contributed by atoms with E-state index >= 15 is 0 Å². The van der Waals surface area contributed by atoms with Crippen molar-refractivity contribution in [2.75, 3.05) is 12.9 Å². The zero-order chi connectivity index (χ0) is 14.4. The van der Waals surface area contributed by atoms with Crippen molar-refractivity contribution in [3.8, 4) is 5.75 Å². The summed E-state index contributed by atoms with van der Waals surface area (Å²) in [5, 5.41) is 20.3. The number of hydrogen-bond acceptors (Lipinski definition) is 5. The molecule has 0 saturated heterocycles. The Morgan fingerprint density at radius 2 is 2.16 bits per heavy atom. The summed E-state index contributed by atoms with van der Waals surface area (Å²) in [4.78, 5) is 10.8. The van der Waals surface area contributed by atoms with Crippen molar-refractivity contribution in [2.24, 2.45) is 0 Å². The number of hydrogen-bond donors (Lipinski definition) is 2. The fourth-order valence-corrected chi connectivity index (χ4v) is 2.41. The lowest BCUT2D eigenvalue weighted by Crippen LogP contribution is -2.19. The minimum absolute atomic E-state index is 0.00477. The lowest BCUT2D eigenvalue weighted by Gasteiger charge is -2.18. The molecule has 6 heteroatoms. The predicted molar refractivity (Wildman–Crippen MR) is 76.7 cm³/mol. The fourth-order valence-electron chi connectivity index (χ4n) is 1.56. The summed E-state index contributed by atoms with van der Waals surface area (Å²) in [7, 11) is 1.48. The number of aliphatic hydroxyl groups is 2. The van der Waals surface area contributed by atoms with Crippen molar-refractivity contribution in [3.05, 3.63) is 28.8 Å². The third-order valence-electron chi connectivity index (χ3n) is 2.60. The zero-order valence-corrected chi connectivity index (χ0v) is 12.4. The normalized spacial score (nSPS) is 13.9. The first-order valence-corrected chi connectivity index (χ1v) is 7.15. The number of ether oxygens (including phenoxy) is 1. The van der Waals surface area contributed by atoms with Gasteiger partial charge in [-0.05, 0) is 24.1 Å². The van der Waals surface area contributed by atoms with Crippen LogP contribution in [0.4, 0.5) is 0 Å². The van der Waals surface area contributed by atoms with E-state index in [9.17, 15) is 15.0 Å². The van der Waals surface area contributed by atoms with Gasteiger partial charge >= 0.3 is 0 Å². The van der Waals surface area contributed by atoms with Gasteiger partial charge in [0.15, 0.2) is 5.12 Å². The summed E-state index contributed by atoms with van der Waals surface area (Å²) in [6.45, 7) is 1.47. The minimum Gasteiger partial charge on any atom is -0.495 e. The van der Waals surface area contributed by atoms with E-state index in [-0.39, 0.29) is 5.12 Å². The van der Waals surface area contributed by atoms with Gasteiger partial charge in [0.25, 0.3) is 0 Å². The molecular formula is C13H17ClO4S. The van der Waals surface area contributed by atoms with Crippen molar-refractivity contribution in [1.82, 2.24) is 0 Å². The van der Waals surface area contributed by atoms with Crippen molar-refractivity contribution in [1.29, 1.82) is 0 Å². The maximum Gasteiger partial charge on any atom is 0.185 e. The minimum atomic E-state index is -1.03. The van der Waals surface area contributed by atoms with Crippen LogP contribution in [-0.2, 0) is 4.79 Å². The lowest BCUT2D eigenvalue weighted by atomic mass is 10.0. The highest BCUT2D eigenvalue weighted by Gasteiger charge is 2.19. The van der Waals surface area contributed by atoms with Gasteiger partial charge in [-0.15, -0.1) is 0 Å². The van der Waals surface area contributed by atoms with Crippen LogP contribution in [-0.4, -0.2) is 34.3 Å². The second kappa shape index (κ2) is 7.75. The number of rotatable bonds is 6. The number of halogens is 1. The van der Waals surface area contributed by atoms with E-state index in [0.717, 1.165) is 11.8 Å². The summed E-state index contributed by atoms with van der Waals surface area (Å²) in [6.07, 6.45) is -1.63. The zero-order valence-electron chi connectivity index (χ0n) is 10.8. The summed E-state index contributed by atoms with van der Waals surface area (Å²) in [6, 6.07) is 4.83. The summed E-state index contributed by atoms with van der Waals surface area (Å²) in [5.74, 6) is 0.918. The van der Waals surface area contributed by atoms with Crippen LogP contribution in [0.5, 0.6) is 5.75 Å².